The van der Waals surface area contributed by atoms with Crippen LogP contribution in [0, 0.1) is 10.1 Å². The van der Waals surface area contributed by atoms with E-state index in [9.17, 15) is 23.6 Å². The fourth-order valence-electron chi connectivity index (χ4n) is 3.44. The number of nitro benzene ring substituents is 1. The van der Waals surface area contributed by atoms with E-state index < -0.39 is 14.9 Å². The van der Waals surface area contributed by atoms with Gasteiger partial charge in [-0.1, -0.05) is 30.3 Å². The van der Waals surface area contributed by atoms with Gasteiger partial charge in [0.2, 0.25) is 10.0 Å². The lowest BCUT2D eigenvalue weighted by molar-refractivity contribution is -0.384. The Morgan fingerprint density at radius 1 is 1.06 bits per heavy atom. The summed E-state index contributed by atoms with van der Waals surface area (Å²) in [5.41, 5.74) is 2.84. The van der Waals surface area contributed by atoms with E-state index in [4.69, 9.17) is 4.99 Å². The van der Waals surface area contributed by atoms with E-state index in [1.165, 1.54) is 25.2 Å². The van der Waals surface area contributed by atoms with Crippen LogP contribution in [0.4, 0.5) is 17.1 Å². The minimum atomic E-state index is -3.41. The molecule has 4 rings (SSSR count). The van der Waals surface area contributed by atoms with Gasteiger partial charge >= 0.3 is 0 Å². The highest BCUT2D eigenvalue weighted by molar-refractivity contribution is 7.92. The molecule has 33 heavy (non-hydrogen) atoms. The fraction of sp³-hybridized carbons (Fsp3) is 0.0870. The molecule has 0 saturated carbocycles. The van der Waals surface area contributed by atoms with Crippen LogP contribution < -0.4 is 4.31 Å². The smallest absolute Gasteiger partial charge is 0.270 e. The van der Waals surface area contributed by atoms with Crippen molar-refractivity contribution in [3.8, 4) is 5.88 Å². The van der Waals surface area contributed by atoms with Crippen molar-refractivity contribution in [2.75, 3.05) is 17.6 Å². The molecule has 0 atom stereocenters. The molecule has 168 valence electrons. The number of non-ortho nitro benzene ring substituents is 1. The van der Waals surface area contributed by atoms with Crippen molar-refractivity contribution in [1.29, 1.82) is 0 Å². The zero-order valence-electron chi connectivity index (χ0n) is 17.8. The number of nitro groups is 1. The predicted molar refractivity (Wildman–Crippen MR) is 128 cm³/mol. The monoisotopic (exact) mass is 464 g/mol. The number of rotatable bonds is 6. The average molecular weight is 465 g/mol. The molecule has 1 heterocycles. The van der Waals surface area contributed by atoms with Crippen LogP contribution in [0.2, 0.25) is 0 Å². The van der Waals surface area contributed by atoms with Gasteiger partial charge in [0, 0.05) is 35.6 Å². The molecule has 1 aromatic heterocycles. The quantitative estimate of drug-likeness (QED) is 0.249. The Kier molecular flexibility index (Phi) is 5.60. The Morgan fingerprint density at radius 3 is 2.33 bits per heavy atom. The van der Waals surface area contributed by atoms with E-state index >= 15 is 0 Å². The van der Waals surface area contributed by atoms with Crippen molar-refractivity contribution in [2.24, 2.45) is 4.99 Å². The molecule has 0 radical (unpaired) electrons. The zero-order chi connectivity index (χ0) is 23.8. The molecule has 0 unspecified atom stereocenters. The van der Waals surface area contributed by atoms with Gasteiger partial charge in [-0.3, -0.25) is 14.4 Å². The number of hydrogen-bond acceptors (Lipinski definition) is 6. The third-order valence-electron chi connectivity index (χ3n) is 5.21. The highest BCUT2D eigenvalue weighted by Crippen LogP contribution is 2.34. The van der Waals surface area contributed by atoms with Gasteiger partial charge in [0.1, 0.15) is 0 Å². The number of benzene rings is 3. The number of aromatic amines is 1. The molecule has 0 bridgehead atoms. The van der Waals surface area contributed by atoms with Crippen molar-refractivity contribution in [3.05, 3.63) is 94.0 Å². The second kappa shape index (κ2) is 8.40. The summed E-state index contributed by atoms with van der Waals surface area (Å²) in [6.45, 7) is 0. The first kappa shape index (κ1) is 22.0. The molecule has 0 aliphatic rings. The van der Waals surface area contributed by atoms with Gasteiger partial charge in [-0.15, -0.1) is 0 Å². The summed E-state index contributed by atoms with van der Waals surface area (Å²) in [6, 6.07) is 20.0. The standard InChI is InChI=1S/C23H20N4O5S/c1-26(33(2,31)32)17-10-8-16(9-11-17)24-22(15-6-4-3-5-7-15)21-19-14-18(27(29)30)12-13-20(19)25-23(21)28/h3-14,25,28H,1-2H3. The third kappa shape index (κ3) is 4.41. The third-order valence-corrected chi connectivity index (χ3v) is 6.41. The Bertz CT molecular complexity index is 1480. The molecule has 0 aliphatic carbocycles. The Labute approximate surface area is 189 Å². The topological polar surface area (TPSA) is 129 Å². The van der Waals surface area contributed by atoms with E-state index in [0.29, 0.717) is 39.1 Å². The van der Waals surface area contributed by atoms with Crippen LogP contribution in [-0.2, 0) is 10.0 Å². The SMILES string of the molecule is CN(c1ccc(N=C(c2ccccc2)c2c(O)[nH]c3ccc([N+](=O)[O-])cc23)cc1)S(C)(=O)=O. The first-order chi connectivity index (χ1) is 15.6. The minimum absolute atomic E-state index is 0.108. The number of anilines is 1. The number of aliphatic imine (C=N–C) groups is 1. The van der Waals surface area contributed by atoms with Crippen LogP contribution in [0.5, 0.6) is 5.88 Å². The van der Waals surface area contributed by atoms with Crippen molar-refractivity contribution < 1.29 is 18.4 Å². The first-order valence-electron chi connectivity index (χ1n) is 9.82. The largest absolute Gasteiger partial charge is 0.494 e. The first-order valence-corrected chi connectivity index (χ1v) is 11.7. The minimum Gasteiger partial charge on any atom is -0.494 e. The lowest BCUT2D eigenvalue weighted by atomic mass is 10.0. The van der Waals surface area contributed by atoms with Gasteiger partial charge in [-0.25, -0.2) is 13.4 Å². The molecular weight excluding hydrogens is 444 g/mol. The highest BCUT2D eigenvalue weighted by Gasteiger charge is 2.21. The molecule has 9 nitrogen and oxygen atoms in total. The second-order valence-corrected chi connectivity index (χ2v) is 9.42. The number of nitrogens with zero attached hydrogens (tertiary/aromatic N) is 3. The second-order valence-electron chi connectivity index (χ2n) is 7.41. The number of H-pyrrole nitrogens is 1. The average Bonchev–Trinajstić information content (AvgIpc) is 3.12. The fourth-order valence-corrected chi connectivity index (χ4v) is 3.94. The molecule has 0 amide bonds. The molecule has 0 spiro atoms. The van der Waals surface area contributed by atoms with Crippen LogP contribution in [0.15, 0.2) is 77.8 Å². The summed E-state index contributed by atoms with van der Waals surface area (Å²) < 4.78 is 24.7. The van der Waals surface area contributed by atoms with Crippen LogP contribution in [0.25, 0.3) is 10.9 Å². The normalized spacial score (nSPS) is 12.1. The molecule has 0 saturated heterocycles. The maximum absolute atomic E-state index is 11.8. The van der Waals surface area contributed by atoms with Crippen molar-refractivity contribution in [1.82, 2.24) is 4.98 Å². The molecule has 4 aromatic rings. The predicted octanol–water partition coefficient (Wildman–Crippen LogP) is 4.35. The lowest BCUT2D eigenvalue weighted by Gasteiger charge is -2.16. The van der Waals surface area contributed by atoms with Crippen LogP contribution >= 0.6 is 0 Å². The highest BCUT2D eigenvalue weighted by atomic mass is 32.2. The number of aromatic nitrogens is 1. The van der Waals surface area contributed by atoms with Gasteiger partial charge < -0.3 is 10.1 Å². The summed E-state index contributed by atoms with van der Waals surface area (Å²) >= 11 is 0. The van der Waals surface area contributed by atoms with E-state index in [1.54, 1.807) is 24.3 Å². The van der Waals surface area contributed by atoms with Gasteiger partial charge in [-0.2, -0.15) is 0 Å². The lowest BCUT2D eigenvalue weighted by Crippen LogP contribution is -2.24. The van der Waals surface area contributed by atoms with Gasteiger partial charge in [0.15, 0.2) is 5.88 Å². The van der Waals surface area contributed by atoms with E-state index in [-0.39, 0.29) is 11.6 Å². The summed E-state index contributed by atoms with van der Waals surface area (Å²) in [5, 5.41) is 22.5. The van der Waals surface area contributed by atoms with Crippen LogP contribution in [-0.4, -0.2) is 42.4 Å². The molecule has 0 aliphatic heterocycles. The van der Waals surface area contributed by atoms with Gasteiger partial charge in [0.05, 0.1) is 33.8 Å². The van der Waals surface area contributed by atoms with E-state index in [2.05, 4.69) is 4.98 Å². The van der Waals surface area contributed by atoms with Crippen molar-refractivity contribution in [3.63, 3.8) is 0 Å². The molecule has 2 N–H and O–H groups in total. The Balaban J connectivity index is 1.89. The van der Waals surface area contributed by atoms with E-state index in [1.807, 2.05) is 30.3 Å². The number of nitrogens with one attached hydrogen (secondary N) is 1. The molecule has 0 fully saturated rings. The molecular formula is C23H20N4O5S. The van der Waals surface area contributed by atoms with Gasteiger partial charge in [-0.05, 0) is 30.3 Å². The summed E-state index contributed by atoms with van der Waals surface area (Å²) in [7, 11) is -1.95. The maximum Gasteiger partial charge on any atom is 0.270 e. The van der Waals surface area contributed by atoms with Crippen molar-refractivity contribution >= 4 is 43.7 Å². The van der Waals surface area contributed by atoms with E-state index in [0.717, 1.165) is 10.6 Å². The zero-order valence-corrected chi connectivity index (χ0v) is 18.6. The van der Waals surface area contributed by atoms with Crippen molar-refractivity contribution in [2.45, 2.75) is 0 Å². The Hall–Kier alpha value is -4.18. The summed E-state index contributed by atoms with van der Waals surface area (Å²) in [6.07, 6.45) is 1.12. The van der Waals surface area contributed by atoms with Gasteiger partial charge in [0.25, 0.3) is 5.69 Å². The number of sulfonamides is 1. The van der Waals surface area contributed by atoms with Crippen LogP contribution in [0.1, 0.15) is 11.1 Å². The number of aromatic hydroxyl groups is 1. The van der Waals surface area contributed by atoms with Crippen LogP contribution in [0.3, 0.4) is 0 Å². The maximum atomic E-state index is 11.8. The molecule has 3 aromatic carbocycles. The summed E-state index contributed by atoms with van der Waals surface area (Å²) in [4.78, 5) is 18.4. The Morgan fingerprint density at radius 2 is 1.73 bits per heavy atom. The molecule has 10 heteroatoms. The summed E-state index contributed by atoms with van der Waals surface area (Å²) in [5.74, 6) is -0.165. The number of hydrogen-bond donors (Lipinski definition) is 2. The number of fused-ring (bicyclic) bond motifs is 1.